The van der Waals surface area contributed by atoms with Gasteiger partial charge in [-0.05, 0) is 49.6 Å². The highest BCUT2D eigenvalue weighted by atomic mass is 16.5. The van der Waals surface area contributed by atoms with E-state index in [2.05, 4.69) is 5.32 Å². The Hall–Kier alpha value is -3.02. The number of benzene rings is 2. The molecule has 3 amide bonds. The van der Waals surface area contributed by atoms with Gasteiger partial charge in [0.15, 0.2) is 11.5 Å². The van der Waals surface area contributed by atoms with Gasteiger partial charge in [0.05, 0.1) is 20.8 Å². The van der Waals surface area contributed by atoms with Crippen molar-refractivity contribution in [2.24, 2.45) is 0 Å². The molecule has 1 saturated heterocycles. The Kier molecular flexibility index (Phi) is 4.83. The first-order chi connectivity index (χ1) is 12.8. The van der Waals surface area contributed by atoms with Crippen molar-refractivity contribution in [3.63, 3.8) is 0 Å². The number of methoxy groups -OCH3 is 2. The van der Waals surface area contributed by atoms with Crippen LogP contribution in [0.4, 0.5) is 4.79 Å². The van der Waals surface area contributed by atoms with E-state index in [1.165, 1.54) is 4.90 Å². The van der Waals surface area contributed by atoms with E-state index in [0.717, 1.165) is 22.3 Å². The van der Waals surface area contributed by atoms with Crippen molar-refractivity contribution in [2.45, 2.75) is 32.9 Å². The highest BCUT2D eigenvalue weighted by Gasteiger charge is 2.48. The molecule has 27 heavy (non-hydrogen) atoms. The standard InChI is InChI=1S/C21H24N2O4/c1-13-6-8-16(9-7-13)21(3)19(24)23(20(25)22-21)12-15-11-18(27-5)17(26-4)10-14(15)2/h6-11H,12H2,1-5H3,(H,22,25)/t21-/m1/s1. The normalized spacial score (nSPS) is 19.2. The van der Waals surface area contributed by atoms with Crippen molar-refractivity contribution in [3.05, 3.63) is 58.7 Å². The van der Waals surface area contributed by atoms with Crippen molar-refractivity contribution >= 4 is 11.9 Å². The molecule has 0 aromatic heterocycles. The van der Waals surface area contributed by atoms with E-state index in [4.69, 9.17) is 9.47 Å². The minimum Gasteiger partial charge on any atom is -0.493 e. The third-order valence-corrected chi connectivity index (χ3v) is 5.07. The van der Waals surface area contributed by atoms with Gasteiger partial charge in [-0.25, -0.2) is 4.79 Å². The Balaban J connectivity index is 1.91. The minimum atomic E-state index is -1.07. The van der Waals surface area contributed by atoms with Crippen molar-refractivity contribution < 1.29 is 19.1 Å². The van der Waals surface area contributed by atoms with Crippen LogP contribution in [0, 0.1) is 13.8 Å². The zero-order chi connectivity index (χ0) is 19.8. The van der Waals surface area contributed by atoms with Gasteiger partial charge >= 0.3 is 6.03 Å². The number of rotatable bonds is 5. The smallest absolute Gasteiger partial charge is 0.325 e. The SMILES string of the molecule is COc1cc(C)c(CN2C(=O)N[C@](C)(c3ccc(C)cc3)C2=O)cc1OC. The second-order valence-electron chi connectivity index (χ2n) is 6.95. The Morgan fingerprint density at radius 3 is 2.19 bits per heavy atom. The van der Waals surface area contributed by atoms with Gasteiger partial charge in [-0.2, -0.15) is 0 Å². The molecule has 6 nitrogen and oxygen atoms in total. The lowest BCUT2D eigenvalue weighted by molar-refractivity contribution is -0.131. The Labute approximate surface area is 159 Å². The average Bonchev–Trinajstić information content (AvgIpc) is 2.87. The monoisotopic (exact) mass is 368 g/mol. The fraction of sp³-hybridized carbons (Fsp3) is 0.333. The van der Waals surface area contributed by atoms with Crippen LogP contribution in [0.25, 0.3) is 0 Å². The number of urea groups is 1. The van der Waals surface area contributed by atoms with Crippen molar-refractivity contribution in [3.8, 4) is 11.5 Å². The van der Waals surface area contributed by atoms with Crippen molar-refractivity contribution in [1.29, 1.82) is 0 Å². The summed E-state index contributed by atoms with van der Waals surface area (Å²) in [6, 6.07) is 10.8. The third kappa shape index (κ3) is 3.23. The summed E-state index contributed by atoms with van der Waals surface area (Å²) < 4.78 is 10.6. The molecule has 2 aromatic rings. The molecule has 2 aromatic carbocycles. The maximum absolute atomic E-state index is 13.1. The number of hydrogen-bond acceptors (Lipinski definition) is 4. The second kappa shape index (κ2) is 6.95. The summed E-state index contributed by atoms with van der Waals surface area (Å²) in [5.41, 5.74) is 2.52. The van der Waals surface area contributed by atoms with Gasteiger partial charge < -0.3 is 14.8 Å². The van der Waals surface area contributed by atoms with Gasteiger partial charge in [-0.15, -0.1) is 0 Å². The van der Waals surface area contributed by atoms with Crippen molar-refractivity contribution in [2.75, 3.05) is 14.2 Å². The molecule has 3 rings (SSSR count). The van der Waals surface area contributed by atoms with Crippen LogP contribution in [0.15, 0.2) is 36.4 Å². The quantitative estimate of drug-likeness (QED) is 0.823. The van der Waals surface area contributed by atoms with E-state index in [0.29, 0.717) is 11.5 Å². The molecule has 6 heteroatoms. The molecule has 0 aliphatic carbocycles. The van der Waals surface area contributed by atoms with Crippen LogP contribution in [0.3, 0.4) is 0 Å². The van der Waals surface area contributed by atoms with Gasteiger partial charge in [0.25, 0.3) is 5.91 Å². The molecule has 0 bridgehead atoms. The Morgan fingerprint density at radius 2 is 1.59 bits per heavy atom. The highest BCUT2D eigenvalue weighted by Crippen LogP contribution is 2.33. The first-order valence-corrected chi connectivity index (χ1v) is 8.73. The van der Waals surface area contributed by atoms with Crippen LogP contribution in [-0.4, -0.2) is 31.1 Å². The number of hydrogen-bond donors (Lipinski definition) is 1. The number of nitrogens with one attached hydrogen (secondary N) is 1. The summed E-state index contributed by atoms with van der Waals surface area (Å²) >= 11 is 0. The maximum Gasteiger partial charge on any atom is 0.325 e. The predicted molar refractivity (Wildman–Crippen MR) is 102 cm³/mol. The number of nitrogens with zero attached hydrogens (tertiary/aromatic N) is 1. The fourth-order valence-corrected chi connectivity index (χ4v) is 3.29. The summed E-state index contributed by atoms with van der Waals surface area (Å²) in [6.45, 7) is 5.79. The molecular formula is C21H24N2O4. The lowest BCUT2D eigenvalue weighted by Crippen LogP contribution is -2.40. The molecule has 1 atom stereocenters. The molecule has 1 aliphatic rings. The van der Waals surface area contributed by atoms with Gasteiger partial charge in [-0.1, -0.05) is 29.8 Å². The van der Waals surface area contributed by atoms with E-state index in [-0.39, 0.29) is 12.5 Å². The summed E-state index contributed by atoms with van der Waals surface area (Å²) in [7, 11) is 3.13. The average molecular weight is 368 g/mol. The topological polar surface area (TPSA) is 67.9 Å². The Morgan fingerprint density at radius 1 is 1.00 bits per heavy atom. The van der Waals surface area contributed by atoms with Crippen LogP contribution in [0.1, 0.15) is 29.2 Å². The van der Waals surface area contributed by atoms with Crippen LogP contribution in [-0.2, 0) is 16.9 Å². The number of aryl methyl sites for hydroxylation is 2. The first kappa shape index (κ1) is 18.8. The van der Waals surface area contributed by atoms with Crippen LogP contribution in [0.5, 0.6) is 11.5 Å². The van der Waals surface area contributed by atoms with E-state index < -0.39 is 11.6 Å². The summed E-state index contributed by atoms with van der Waals surface area (Å²) in [5, 5.41) is 2.84. The molecule has 0 radical (unpaired) electrons. The summed E-state index contributed by atoms with van der Waals surface area (Å²) in [5.74, 6) is 0.900. The Bertz CT molecular complexity index is 892. The molecule has 1 aliphatic heterocycles. The zero-order valence-corrected chi connectivity index (χ0v) is 16.3. The van der Waals surface area contributed by atoms with Gasteiger partial charge in [0, 0.05) is 0 Å². The van der Waals surface area contributed by atoms with E-state index in [9.17, 15) is 9.59 Å². The molecule has 0 saturated carbocycles. The van der Waals surface area contributed by atoms with Gasteiger partial charge in [0.1, 0.15) is 5.54 Å². The van der Waals surface area contributed by atoms with Crippen LogP contribution < -0.4 is 14.8 Å². The van der Waals surface area contributed by atoms with E-state index in [1.807, 2.05) is 44.2 Å². The molecular weight excluding hydrogens is 344 g/mol. The van der Waals surface area contributed by atoms with Crippen LogP contribution >= 0.6 is 0 Å². The lowest BCUT2D eigenvalue weighted by atomic mass is 9.91. The number of imide groups is 1. The third-order valence-electron chi connectivity index (χ3n) is 5.07. The summed E-state index contributed by atoms with van der Waals surface area (Å²) in [6.07, 6.45) is 0. The van der Waals surface area contributed by atoms with E-state index in [1.54, 1.807) is 27.2 Å². The molecule has 1 N–H and O–H groups in total. The predicted octanol–water partition coefficient (Wildman–Crippen LogP) is 3.29. The molecule has 142 valence electrons. The number of carbonyl (C=O) groups excluding carboxylic acids is 2. The second-order valence-corrected chi connectivity index (χ2v) is 6.95. The number of carbonyl (C=O) groups is 2. The zero-order valence-electron chi connectivity index (χ0n) is 16.3. The molecule has 0 spiro atoms. The molecule has 1 fully saturated rings. The molecule has 0 unspecified atom stereocenters. The largest absolute Gasteiger partial charge is 0.493 e. The number of ether oxygens (including phenoxy) is 2. The van der Waals surface area contributed by atoms with Gasteiger partial charge in [0.2, 0.25) is 0 Å². The minimum absolute atomic E-state index is 0.165. The first-order valence-electron chi connectivity index (χ1n) is 8.73. The highest BCUT2D eigenvalue weighted by molar-refractivity contribution is 6.07. The van der Waals surface area contributed by atoms with Gasteiger partial charge in [-0.3, -0.25) is 9.69 Å². The number of amides is 3. The fourth-order valence-electron chi connectivity index (χ4n) is 3.29. The maximum atomic E-state index is 13.1. The van der Waals surface area contributed by atoms with Crippen LogP contribution in [0.2, 0.25) is 0 Å². The van der Waals surface area contributed by atoms with E-state index >= 15 is 0 Å². The summed E-state index contributed by atoms with van der Waals surface area (Å²) in [4.78, 5) is 26.9. The lowest BCUT2D eigenvalue weighted by Gasteiger charge is -2.23. The molecule has 1 heterocycles. The van der Waals surface area contributed by atoms with Crippen molar-refractivity contribution in [1.82, 2.24) is 10.2 Å².